The lowest BCUT2D eigenvalue weighted by molar-refractivity contribution is -0.169. The summed E-state index contributed by atoms with van der Waals surface area (Å²) in [5.41, 5.74) is 1.66. The van der Waals surface area contributed by atoms with Gasteiger partial charge in [0.2, 0.25) is 0 Å². The van der Waals surface area contributed by atoms with Gasteiger partial charge in [0.1, 0.15) is 5.82 Å². The van der Waals surface area contributed by atoms with E-state index in [-0.39, 0.29) is 11.7 Å². The maximum atomic E-state index is 12.2. The Kier molecular flexibility index (Phi) is 4.38. The summed E-state index contributed by atoms with van der Waals surface area (Å²) in [6, 6.07) is 12.9. The Bertz CT molecular complexity index is 717. The number of piperidine rings is 1. The van der Waals surface area contributed by atoms with E-state index >= 15 is 0 Å². The number of ether oxygens (including phenoxy) is 2. The zero-order valence-corrected chi connectivity index (χ0v) is 14.0. The molecular formula is C19H21N3O3. The van der Waals surface area contributed by atoms with Crippen LogP contribution in [0.4, 0.5) is 11.5 Å². The Morgan fingerprint density at radius 2 is 1.76 bits per heavy atom. The van der Waals surface area contributed by atoms with Crippen molar-refractivity contribution in [1.82, 2.24) is 4.98 Å². The lowest BCUT2D eigenvalue weighted by atomic mass is 10.0. The zero-order valence-electron chi connectivity index (χ0n) is 14.0. The quantitative estimate of drug-likeness (QED) is 0.931. The summed E-state index contributed by atoms with van der Waals surface area (Å²) in [7, 11) is 0. The van der Waals surface area contributed by atoms with Gasteiger partial charge >= 0.3 is 0 Å². The molecule has 1 N–H and O–H groups in total. The molecule has 2 aliphatic heterocycles. The minimum Gasteiger partial charge on any atom is -0.370 e. The predicted octanol–water partition coefficient (Wildman–Crippen LogP) is 2.68. The molecule has 3 heterocycles. The van der Waals surface area contributed by atoms with Crippen LogP contribution in [0.2, 0.25) is 0 Å². The molecule has 2 aromatic rings. The number of carbonyl (C=O) groups is 1. The second kappa shape index (κ2) is 6.82. The van der Waals surface area contributed by atoms with E-state index in [1.807, 2.05) is 30.3 Å². The molecule has 1 aromatic carbocycles. The molecule has 2 fully saturated rings. The number of aromatic nitrogens is 1. The first-order valence-corrected chi connectivity index (χ1v) is 8.59. The predicted molar refractivity (Wildman–Crippen MR) is 94.7 cm³/mol. The molecular weight excluding hydrogens is 318 g/mol. The highest BCUT2D eigenvalue weighted by molar-refractivity contribution is 6.03. The molecule has 130 valence electrons. The molecule has 6 nitrogen and oxygen atoms in total. The van der Waals surface area contributed by atoms with Crippen molar-refractivity contribution in [3.8, 4) is 0 Å². The summed E-state index contributed by atoms with van der Waals surface area (Å²) in [5, 5.41) is 2.82. The highest BCUT2D eigenvalue weighted by atomic mass is 16.7. The van der Waals surface area contributed by atoms with Gasteiger partial charge in [0.15, 0.2) is 5.79 Å². The third-order valence-electron chi connectivity index (χ3n) is 4.73. The number of carbonyl (C=O) groups excluding carboxylic acids is 1. The van der Waals surface area contributed by atoms with E-state index in [1.54, 1.807) is 18.3 Å². The zero-order chi connectivity index (χ0) is 17.1. The van der Waals surface area contributed by atoms with E-state index < -0.39 is 0 Å². The fraction of sp³-hybridized carbons (Fsp3) is 0.368. The normalized spacial score (nSPS) is 19.1. The molecule has 2 aliphatic rings. The Balaban J connectivity index is 1.37. The molecule has 1 aromatic heterocycles. The van der Waals surface area contributed by atoms with Crippen LogP contribution in [0.25, 0.3) is 0 Å². The molecule has 0 saturated carbocycles. The van der Waals surface area contributed by atoms with Crippen molar-refractivity contribution in [2.45, 2.75) is 18.6 Å². The number of amides is 1. The topological polar surface area (TPSA) is 63.7 Å². The van der Waals surface area contributed by atoms with Gasteiger partial charge < -0.3 is 19.7 Å². The molecule has 6 heteroatoms. The Morgan fingerprint density at radius 1 is 1.04 bits per heavy atom. The molecule has 1 spiro atoms. The van der Waals surface area contributed by atoms with Crippen molar-refractivity contribution in [1.29, 1.82) is 0 Å². The number of nitrogens with zero attached hydrogens (tertiary/aromatic N) is 2. The molecule has 0 radical (unpaired) electrons. The van der Waals surface area contributed by atoms with Crippen LogP contribution >= 0.6 is 0 Å². The third kappa shape index (κ3) is 3.50. The van der Waals surface area contributed by atoms with Crippen LogP contribution in [0.3, 0.4) is 0 Å². The number of hydrogen-bond acceptors (Lipinski definition) is 5. The van der Waals surface area contributed by atoms with Crippen molar-refractivity contribution >= 4 is 17.4 Å². The second-order valence-electron chi connectivity index (χ2n) is 6.32. The lowest BCUT2D eigenvalue weighted by Crippen LogP contribution is -2.45. The van der Waals surface area contributed by atoms with Crippen molar-refractivity contribution in [3.05, 3.63) is 54.2 Å². The van der Waals surface area contributed by atoms with Gasteiger partial charge in [0.25, 0.3) is 5.91 Å². The second-order valence-corrected chi connectivity index (χ2v) is 6.32. The van der Waals surface area contributed by atoms with Gasteiger partial charge in [-0.05, 0) is 24.3 Å². The first kappa shape index (κ1) is 16.1. The van der Waals surface area contributed by atoms with E-state index in [0.29, 0.717) is 24.6 Å². The smallest absolute Gasteiger partial charge is 0.256 e. The number of anilines is 2. The number of hydrogen-bond donors (Lipinski definition) is 1. The molecule has 4 rings (SSSR count). The molecule has 1 amide bonds. The van der Waals surface area contributed by atoms with Gasteiger partial charge in [0, 0.05) is 31.5 Å². The van der Waals surface area contributed by atoms with Crippen LogP contribution in [0.15, 0.2) is 48.7 Å². The summed E-state index contributed by atoms with van der Waals surface area (Å²) in [5.74, 6) is 0.0258. The maximum absolute atomic E-state index is 12.2. The molecule has 0 aliphatic carbocycles. The van der Waals surface area contributed by atoms with E-state index in [1.165, 1.54) is 0 Å². The van der Waals surface area contributed by atoms with Crippen LogP contribution < -0.4 is 10.2 Å². The minimum atomic E-state index is -0.368. The fourth-order valence-corrected chi connectivity index (χ4v) is 3.32. The summed E-state index contributed by atoms with van der Waals surface area (Å²) in [4.78, 5) is 18.8. The van der Waals surface area contributed by atoms with Crippen molar-refractivity contribution < 1.29 is 14.3 Å². The summed E-state index contributed by atoms with van der Waals surface area (Å²) in [6.07, 6.45) is 3.52. The average Bonchev–Trinajstić information content (AvgIpc) is 3.12. The van der Waals surface area contributed by atoms with Crippen LogP contribution in [0.5, 0.6) is 0 Å². The van der Waals surface area contributed by atoms with E-state index in [0.717, 1.165) is 31.6 Å². The van der Waals surface area contributed by atoms with Crippen LogP contribution in [0, 0.1) is 0 Å². The van der Waals surface area contributed by atoms with Gasteiger partial charge in [-0.1, -0.05) is 18.2 Å². The monoisotopic (exact) mass is 339 g/mol. The van der Waals surface area contributed by atoms with Gasteiger partial charge in [0.05, 0.1) is 25.1 Å². The average molecular weight is 339 g/mol. The van der Waals surface area contributed by atoms with E-state index in [2.05, 4.69) is 15.2 Å². The Morgan fingerprint density at radius 3 is 2.40 bits per heavy atom. The van der Waals surface area contributed by atoms with E-state index in [4.69, 9.17) is 9.47 Å². The summed E-state index contributed by atoms with van der Waals surface area (Å²) < 4.78 is 11.5. The molecule has 0 unspecified atom stereocenters. The number of pyridine rings is 1. The molecule has 25 heavy (non-hydrogen) atoms. The third-order valence-corrected chi connectivity index (χ3v) is 4.73. The van der Waals surface area contributed by atoms with E-state index in [9.17, 15) is 4.79 Å². The van der Waals surface area contributed by atoms with Crippen molar-refractivity contribution in [2.75, 3.05) is 36.5 Å². The summed E-state index contributed by atoms with van der Waals surface area (Å²) >= 11 is 0. The SMILES string of the molecule is O=C(Nc1ccc(N2CCC3(CC2)OCCO3)cn1)c1ccccc1. The fourth-order valence-electron chi connectivity index (χ4n) is 3.32. The first-order chi connectivity index (χ1) is 12.2. The highest BCUT2D eigenvalue weighted by Gasteiger charge is 2.39. The highest BCUT2D eigenvalue weighted by Crippen LogP contribution is 2.33. The Labute approximate surface area is 146 Å². The standard InChI is InChI=1S/C19H21N3O3/c23-18(15-4-2-1-3-5-15)21-17-7-6-16(14-20-17)22-10-8-19(9-11-22)24-12-13-25-19/h1-7,14H,8-13H2,(H,20,21,23). The van der Waals surface area contributed by atoms with Gasteiger partial charge in [-0.25, -0.2) is 4.98 Å². The number of nitrogens with one attached hydrogen (secondary N) is 1. The van der Waals surface area contributed by atoms with Gasteiger partial charge in [-0.15, -0.1) is 0 Å². The van der Waals surface area contributed by atoms with Gasteiger partial charge in [-0.3, -0.25) is 4.79 Å². The van der Waals surface area contributed by atoms with Crippen LogP contribution in [-0.4, -0.2) is 43.0 Å². The van der Waals surface area contributed by atoms with Crippen LogP contribution in [-0.2, 0) is 9.47 Å². The molecule has 2 saturated heterocycles. The lowest BCUT2D eigenvalue weighted by Gasteiger charge is -2.38. The van der Waals surface area contributed by atoms with Crippen molar-refractivity contribution in [3.63, 3.8) is 0 Å². The Hall–Kier alpha value is -2.44. The summed E-state index contributed by atoms with van der Waals surface area (Å²) in [6.45, 7) is 3.13. The largest absolute Gasteiger partial charge is 0.370 e. The van der Waals surface area contributed by atoms with Crippen molar-refractivity contribution in [2.24, 2.45) is 0 Å². The molecule has 0 bridgehead atoms. The first-order valence-electron chi connectivity index (χ1n) is 8.59. The number of rotatable bonds is 3. The van der Waals surface area contributed by atoms with Crippen LogP contribution in [0.1, 0.15) is 23.2 Å². The maximum Gasteiger partial charge on any atom is 0.256 e. The minimum absolute atomic E-state index is 0.156. The number of benzene rings is 1. The molecule has 0 atom stereocenters. The van der Waals surface area contributed by atoms with Gasteiger partial charge in [-0.2, -0.15) is 0 Å².